The Labute approximate surface area is 104 Å². The van der Waals surface area contributed by atoms with Gasteiger partial charge in [-0.2, -0.15) is 0 Å². The topological polar surface area (TPSA) is 44.5 Å². The van der Waals surface area contributed by atoms with E-state index in [1.54, 1.807) is 14.2 Å². The van der Waals surface area contributed by atoms with Crippen LogP contribution in [0.1, 0.15) is 18.9 Å². The Bertz CT molecular complexity index is 311. The van der Waals surface area contributed by atoms with Gasteiger partial charge in [0.2, 0.25) is 0 Å². The molecule has 3 nitrogen and oxygen atoms in total. The van der Waals surface area contributed by atoms with E-state index in [-0.39, 0.29) is 6.10 Å². The van der Waals surface area contributed by atoms with Crippen LogP contribution in [0, 0.1) is 5.92 Å². The molecule has 0 spiro atoms. The van der Waals surface area contributed by atoms with Crippen molar-refractivity contribution < 1.29 is 9.47 Å². The molecule has 0 aromatic heterocycles. The van der Waals surface area contributed by atoms with Gasteiger partial charge < -0.3 is 15.2 Å². The van der Waals surface area contributed by atoms with Crippen LogP contribution in [0.4, 0.5) is 0 Å². The Balaban J connectivity index is 2.54. The highest BCUT2D eigenvalue weighted by Gasteiger charge is 2.12. The average Bonchev–Trinajstić information content (AvgIpc) is 2.38. The first kappa shape index (κ1) is 14.0. The second-order valence-electron chi connectivity index (χ2n) is 4.44. The molecule has 1 aromatic carbocycles. The van der Waals surface area contributed by atoms with Crippen molar-refractivity contribution in [3.8, 4) is 5.75 Å². The van der Waals surface area contributed by atoms with Crippen molar-refractivity contribution in [2.45, 2.75) is 25.9 Å². The minimum absolute atomic E-state index is 0.266. The molecule has 0 fully saturated rings. The van der Waals surface area contributed by atoms with Gasteiger partial charge in [-0.25, -0.2) is 0 Å². The number of benzene rings is 1. The first-order chi connectivity index (χ1) is 8.19. The fourth-order valence-electron chi connectivity index (χ4n) is 1.92. The van der Waals surface area contributed by atoms with Gasteiger partial charge in [0.1, 0.15) is 5.75 Å². The largest absolute Gasteiger partial charge is 0.497 e. The van der Waals surface area contributed by atoms with Crippen molar-refractivity contribution in [2.75, 3.05) is 20.8 Å². The number of hydrogen-bond donors (Lipinski definition) is 1. The lowest BCUT2D eigenvalue weighted by Gasteiger charge is -2.18. The van der Waals surface area contributed by atoms with Crippen LogP contribution in [0.3, 0.4) is 0 Å². The number of rotatable bonds is 7. The Morgan fingerprint density at radius 2 is 1.82 bits per heavy atom. The normalized spacial score (nSPS) is 14.4. The molecule has 0 radical (unpaired) electrons. The fourth-order valence-corrected chi connectivity index (χ4v) is 1.92. The van der Waals surface area contributed by atoms with Crippen LogP contribution in [0.25, 0.3) is 0 Å². The molecule has 0 aliphatic heterocycles. The third-order valence-electron chi connectivity index (χ3n) is 3.08. The monoisotopic (exact) mass is 237 g/mol. The maximum atomic E-state index is 5.80. The molecule has 3 heteroatoms. The summed E-state index contributed by atoms with van der Waals surface area (Å²) in [6.45, 7) is 2.77. The third kappa shape index (κ3) is 4.75. The lowest BCUT2D eigenvalue weighted by Crippen LogP contribution is -2.22. The quantitative estimate of drug-likeness (QED) is 0.791. The zero-order valence-electron chi connectivity index (χ0n) is 11.0. The molecule has 0 aliphatic carbocycles. The molecule has 0 heterocycles. The summed E-state index contributed by atoms with van der Waals surface area (Å²) in [5.74, 6) is 1.36. The van der Waals surface area contributed by atoms with Crippen LogP contribution in [0.5, 0.6) is 5.75 Å². The molecule has 0 saturated carbocycles. The molecule has 1 aromatic rings. The number of hydrogen-bond acceptors (Lipinski definition) is 3. The average molecular weight is 237 g/mol. The minimum Gasteiger partial charge on any atom is -0.497 e. The first-order valence-corrected chi connectivity index (χ1v) is 6.05. The highest BCUT2D eigenvalue weighted by molar-refractivity contribution is 5.27. The van der Waals surface area contributed by atoms with Crippen LogP contribution < -0.4 is 10.5 Å². The van der Waals surface area contributed by atoms with Crippen molar-refractivity contribution in [1.82, 2.24) is 0 Å². The molecule has 0 bridgehead atoms. The van der Waals surface area contributed by atoms with Crippen molar-refractivity contribution >= 4 is 0 Å². The van der Waals surface area contributed by atoms with E-state index in [4.69, 9.17) is 15.2 Å². The van der Waals surface area contributed by atoms with Crippen LogP contribution in [0.2, 0.25) is 0 Å². The van der Waals surface area contributed by atoms with Crippen molar-refractivity contribution in [3.63, 3.8) is 0 Å². The van der Waals surface area contributed by atoms with Gasteiger partial charge in [-0.05, 0) is 49.9 Å². The van der Waals surface area contributed by atoms with E-state index in [0.717, 1.165) is 18.6 Å². The molecule has 0 aliphatic rings. The van der Waals surface area contributed by atoms with Gasteiger partial charge in [-0.3, -0.25) is 0 Å². The smallest absolute Gasteiger partial charge is 0.118 e. The van der Waals surface area contributed by atoms with Crippen LogP contribution in [0.15, 0.2) is 24.3 Å². The third-order valence-corrected chi connectivity index (χ3v) is 3.08. The molecular formula is C14H23NO2. The summed E-state index contributed by atoms with van der Waals surface area (Å²) in [7, 11) is 3.42. The molecular weight excluding hydrogens is 214 g/mol. The highest BCUT2D eigenvalue weighted by atomic mass is 16.5. The Kier molecular flexibility index (Phi) is 6.01. The van der Waals surface area contributed by atoms with E-state index in [0.29, 0.717) is 12.5 Å². The second-order valence-corrected chi connectivity index (χ2v) is 4.44. The summed E-state index contributed by atoms with van der Waals surface area (Å²) in [5, 5.41) is 0. The van der Waals surface area contributed by atoms with E-state index in [1.165, 1.54) is 5.56 Å². The Hall–Kier alpha value is -1.06. The lowest BCUT2D eigenvalue weighted by molar-refractivity contribution is 0.0959. The Morgan fingerprint density at radius 1 is 1.18 bits per heavy atom. The van der Waals surface area contributed by atoms with Crippen molar-refractivity contribution in [3.05, 3.63) is 29.8 Å². The summed E-state index contributed by atoms with van der Waals surface area (Å²) < 4.78 is 10.4. The molecule has 1 rings (SSSR count). The predicted molar refractivity (Wildman–Crippen MR) is 70.3 cm³/mol. The SMILES string of the molecule is COc1ccc(CC(CN)CC(C)OC)cc1. The number of ether oxygens (including phenoxy) is 2. The molecule has 0 saturated heterocycles. The van der Waals surface area contributed by atoms with Gasteiger partial charge in [-0.15, -0.1) is 0 Å². The summed E-state index contributed by atoms with van der Waals surface area (Å²) >= 11 is 0. The van der Waals surface area contributed by atoms with Crippen molar-refractivity contribution in [2.24, 2.45) is 11.7 Å². The summed E-state index contributed by atoms with van der Waals surface area (Å²) in [6, 6.07) is 8.17. The highest BCUT2D eigenvalue weighted by Crippen LogP contribution is 2.17. The Morgan fingerprint density at radius 3 is 2.29 bits per heavy atom. The number of nitrogens with two attached hydrogens (primary N) is 1. The minimum atomic E-state index is 0.266. The summed E-state index contributed by atoms with van der Waals surface area (Å²) in [6.07, 6.45) is 2.26. The molecule has 17 heavy (non-hydrogen) atoms. The van der Waals surface area contributed by atoms with Gasteiger partial charge in [0.25, 0.3) is 0 Å². The molecule has 2 unspecified atom stereocenters. The lowest BCUT2D eigenvalue weighted by atomic mass is 9.94. The van der Waals surface area contributed by atoms with E-state index in [2.05, 4.69) is 19.1 Å². The van der Waals surface area contributed by atoms with Crippen LogP contribution in [-0.2, 0) is 11.2 Å². The van der Waals surface area contributed by atoms with Gasteiger partial charge in [0.15, 0.2) is 0 Å². The zero-order valence-corrected chi connectivity index (χ0v) is 11.0. The maximum Gasteiger partial charge on any atom is 0.118 e. The predicted octanol–water partition coefficient (Wildman–Crippen LogP) is 2.24. The van der Waals surface area contributed by atoms with Gasteiger partial charge in [-0.1, -0.05) is 12.1 Å². The standard InChI is InChI=1S/C14H23NO2/c1-11(16-2)8-13(10-15)9-12-4-6-14(17-3)7-5-12/h4-7,11,13H,8-10,15H2,1-3H3. The van der Waals surface area contributed by atoms with Gasteiger partial charge in [0.05, 0.1) is 13.2 Å². The van der Waals surface area contributed by atoms with E-state index < -0.39 is 0 Å². The first-order valence-electron chi connectivity index (χ1n) is 6.05. The van der Waals surface area contributed by atoms with Crippen LogP contribution >= 0.6 is 0 Å². The molecule has 0 amide bonds. The van der Waals surface area contributed by atoms with Crippen molar-refractivity contribution in [1.29, 1.82) is 0 Å². The maximum absolute atomic E-state index is 5.80. The second kappa shape index (κ2) is 7.30. The summed E-state index contributed by atoms with van der Waals surface area (Å²) in [5.41, 5.74) is 7.10. The molecule has 2 atom stereocenters. The van der Waals surface area contributed by atoms with E-state index in [9.17, 15) is 0 Å². The molecule has 2 N–H and O–H groups in total. The van der Waals surface area contributed by atoms with Crippen LogP contribution in [-0.4, -0.2) is 26.9 Å². The number of methoxy groups -OCH3 is 2. The van der Waals surface area contributed by atoms with E-state index >= 15 is 0 Å². The zero-order chi connectivity index (χ0) is 12.7. The molecule has 96 valence electrons. The van der Waals surface area contributed by atoms with Gasteiger partial charge in [0, 0.05) is 7.11 Å². The van der Waals surface area contributed by atoms with E-state index in [1.807, 2.05) is 12.1 Å². The summed E-state index contributed by atoms with van der Waals surface area (Å²) in [4.78, 5) is 0. The fraction of sp³-hybridized carbons (Fsp3) is 0.571. The van der Waals surface area contributed by atoms with Gasteiger partial charge >= 0.3 is 0 Å².